The molecule has 184 valence electrons. The smallest absolute Gasteiger partial charge is 0.264 e. The van der Waals surface area contributed by atoms with Gasteiger partial charge in [0.05, 0.1) is 10.6 Å². The largest absolute Gasteiger partial charge is 0.434 e. The number of carbonyl (C=O) groups is 3. The van der Waals surface area contributed by atoms with E-state index in [1.165, 1.54) is 6.07 Å². The van der Waals surface area contributed by atoms with E-state index in [-0.39, 0.29) is 34.6 Å². The molecule has 35 heavy (non-hydrogen) atoms. The molecule has 1 aromatic heterocycles. The fraction of sp³-hybridized carbons (Fsp3) is 0.385. The summed E-state index contributed by atoms with van der Waals surface area (Å²) >= 11 is 12.2. The van der Waals surface area contributed by atoms with Crippen molar-refractivity contribution < 1.29 is 18.8 Å². The zero-order valence-electron chi connectivity index (χ0n) is 19.2. The van der Waals surface area contributed by atoms with Crippen molar-refractivity contribution in [1.82, 2.24) is 15.6 Å². The van der Waals surface area contributed by atoms with Crippen molar-refractivity contribution in [2.24, 2.45) is 0 Å². The highest BCUT2D eigenvalue weighted by Gasteiger charge is 2.41. The Balaban J connectivity index is 1.30. The third kappa shape index (κ3) is 6.03. The summed E-state index contributed by atoms with van der Waals surface area (Å²) in [5.41, 5.74) is 0.494. The summed E-state index contributed by atoms with van der Waals surface area (Å²) in [6.07, 6.45) is 5.28. The molecule has 0 saturated heterocycles. The van der Waals surface area contributed by atoms with Crippen LogP contribution >= 0.6 is 23.2 Å². The molecular weight excluding hydrogens is 489 g/mol. The topological polar surface area (TPSA) is 101 Å². The van der Waals surface area contributed by atoms with E-state index in [0.29, 0.717) is 48.4 Å². The summed E-state index contributed by atoms with van der Waals surface area (Å²) in [7, 11) is 0. The van der Waals surface area contributed by atoms with Crippen LogP contribution in [0.15, 0.2) is 46.9 Å². The first-order chi connectivity index (χ1) is 16.9. The number of nitrogens with zero attached hydrogens (tertiary/aromatic N) is 1. The van der Waals surface area contributed by atoms with E-state index in [1.807, 2.05) is 12.1 Å². The summed E-state index contributed by atoms with van der Waals surface area (Å²) in [5, 5.41) is 6.57. The predicted octanol–water partition coefficient (Wildman–Crippen LogP) is 5.74. The lowest BCUT2D eigenvalue weighted by molar-refractivity contribution is -0.128. The number of Topliss-reactive ketones (excluding diaryl/α,β-unsaturated/α-hetero) is 1. The Hall–Kier alpha value is -2.90. The fourth-order valence-corrected chi connectivity index (χ4v) is 4.78. The van der Waals surface area contributed by atoms with E-state index in [4.69, 9.17) is 27.6 Å². The molecule has 7 nitrogen and oxygen atoms in total. The highest BCUT2D eigenvalue weighted by molar-refractivity contribution is 6.35. The van der Waals surface area contributed by atoms with E-state index in [2.05, 4.69) is 15.6 Å². The molecule has 2 aromatic carbocycles. The van der Waals surface area contributed by atoms with Crippen molar-refractivity contribution in [1.29, 1.82) is 0 Å². The number of aromatic nitrogens is 1. The van der Waals surface area contributed by atoms with Crippen molar-refractivity contribution in [2.45, 2.75) is 56.9 Å². The molecule has 2 N–H and O–H groups in total. The maximum absolute atomic E-state index is 13.2. The maximum Gasteiger partial charge on any atom is 0.264 e. The van der Waals surface area contributed by atoms with Gasteiger partial charge in [-0.15, -0.1) is 0 Å². The molecule has 1 saturated carbocycles. The molecular formula is C26H27Cl2N3O4. The summed E-state index contributed by atoms with van der Waals surface area (Å²) in [5.74, 6) is -0.687. The minimum atomic E-state index is -0.991. The average molecular weight is 516 g/mol. The van der Waals surface area contributed by atoms with E-state index in [1.54, 1.807) is 24.3 Å². The van der Waals surface area contributed by atoms with Gasteiger partial charge in [0.25, 0.3) is 11.8 Å². The number of amides is 2. The van der Waals surface area contributed by atoms with Crippen molar-refractivity contribution in [2.75, 3.05) is 6.54 Å². The molecule has 9 heteroatoms. The normalized spacial score (nSPS) is 15.0. The number of benzene rings is 2. The van der Waals surface area contributed by atoms with Gasteiger partial charge in [0.15, 0.2) is 5.58 Å². The Kier molecular flexibility index (Phi) is 8.08. The van der Waals surface area contributed by atoms with Gasteiger partial charge in [-0.3, -0.25) is 14.4 Å². The number of para-hydroxylation sites is 2. The lowest BCUT2D eigenvalue weighted by Crippen LogP contribution is -2.59. The molecule has 2 amide bonds. The highest BCUT2D eigenvalue weighted by Crippen LogP contribution is 2.30. The van der Waals surface area contributed by atoms with E-state index in [0.717, 1.165) is 19.3 Å². The Labute approximate surface area is 213 Å². The van der Waals surface area contributed by atoms with Gasteiger partial charge in [-0.05, 0) is 56.0 Å². The van der Waals surface area contributed by atoms with E-state index >= 15 is 0 Å². The van der Waals surface area contributed by atoms with Gasteiger partial charge in [-0.25, -0.2) is 4.98 Å². The van der Waals surface area contributed by atoms with Crippen LogP contribution in [0.3, 0.4) is 0 Å². The molecule has 4 rings (SSSR count). The van der Waals surface area contributed by atoms with Crippen LogP contribution in [0.4, 0.5) is 0 Å². The van der Waals surface area contributed by atoms with Crippen molar-refractivity contribution >= 4 is 51.9 Å². The minimum absolute atomic E-state index is 0.110. The second kappa shape index (κ2) is 11.2. The molecule has 1 aliphatic rings. The standard InChI is InChI=1S/C26H27Cl2N3O4/c27-17-11-12-19(28)18(16-17)23(33)31-26(13-5-1-6-14-26)25(34)29-15-7-4-9-21(32)24-30-20-8-2-3-10-22(20)35-24/h2-3,8,10-12,16H,1,4-7,9,13-15H2,(H,29,34)(H,31,33). The van der Waals surface area contributed by atoms with Crippen LogP contribution in [0.25, 0.3) is 11.1 Å². The van der Waals surface area contributed by atoms with Crippen LogP contribution in [0.2, 0.25) is 10.0 Å². The average Bonchev–Trinajstić information content (AvgIpc) is 3.30. The molecule has 1 aliphatic carbocycles. The predicted molar refractivity (Wildman–Crippen MR) is 135 cm³/mol. The lowest BCUT2D eigenvalue weighted by Gasteiger charge is -2.36. The zero-order chi connectivity index (χ0) is 24.8. The highest BCUT2D eigenvalue weighted by atomic mass is 35.5. The molecule has 0 unspecified atom stereocenters. The summed E-state index contributed by atoms with van der Waals surface area (Å²) in [6, 6.07) is 11.9. The Morgan fingerprint density at radius 3 is 2.54 bits per heavy atom. The van der Waals surface area contributed by atoms with Crippen LogP contribution in [0.1, 0.15) is 72.4 Å². The molecule has 1 heterocycles. The fourth-order valence-electron chi connectivity index (χ4n) is 4.40. The van der Waals surface area contributed by atoms with Gasteiger partial charge in [-0.1, -0.05) is 54.6 Å². The first kappa shape index (κ1) is 25.2. The number of hydrogen-bond acceptors (Lipinski definition) is 5. The first-order valence-electron chi connectivity index (χ1n) is 11.8. The molecule has 0 atom stereocenters. The third-order valence-corrected chi connectivity index (χ3v) is 6.88. The quantitative estimate of drug-likeness (QED) is 0.279. The van der Waals surface area contributed by atoms with Gasteiger partial charge < -0.3 is 15.1 Å². The van der Waals surface area contributed by atoms with Crippen molar-refractivity contribution in [3.8, 4) is 0 Å². The Bertz CT molecular complexity index is 1200. The van der Waals surface area contributed by atoms with Gasteiger partial charge in [0.1, 0.15) is 11.1 Å². The molecule has 0 bridgehead atoms. The number of hydrogen-bond donors (Lipinski definition) is 2. The van der Waals surface area contributed by atoms with Gasteiger partial charge in [0, 0.05) is 18.0 Å². The van der Waals surface area contributed by atoms with Crippen LogP contribution in [0, 0.1) is 0 Å². The molecule has 0 aliphatic heterocycles. The summed E-state index contributed by atoms with van der Waals surface area (Å²) in [6.45, 7) is 0.398. The first-order valence-corrected chi connectivity index (χ1v) is 12.6. The summed E-state index contributed by atoms with van der Waals surface area (Å²) < 4.78 is 5.52. The van der Waals surface area contributed by atoms with Crippen molar-refractivity contribution in [3.05, 3.63) is 64.0 Å². The minimum Gasteiger partial charge on any atom is -0.434 e. The number of ketones is 1. The zero-order valence-corrected chi connectivity index (χ0v) is 20.8. The number of unbranched alkanes of at least 4 members (excludes halogenated alkanes) is 1. The van der Waals surface area contributed by atoms with E-state index < -0.39 is 11.4 Å². The molecule has 0 spiro atoms. The monoisotopic (exact) mass is 515 g/mol. The van der Waals surface area contributed by atoms with Gasteiger partial charge in [0.2, 0.25) is 11.7 Å². The number of nitrogens with one attached hydrogen (secondary N) is 2. The van der Waals surface area contributed by atoms with Gasteiger partial charge >= 0.3 is 0 Å². The lowest BCUT2D eigenvalue weighted by atomic mass is 9.80. The maximum atomic E-state index is 13.2. The number of halogens is 2. The number of carbonyl (C=O) groups excluding carboxylic acids is 3. The Morgan fingerprint density at radius 1 is 1.00 bits per heavy atom. The number of oxazole rings is 1. The third-order valence-electron chi connectivity index (χ3n) is 6.32. The number of rotatable bonds is 9. The Morgan fingerprint density at radius 2 is 1.77 bits per heavy atom. The second-order valence-electron chi connectivity index (χ2n) is 8.84. The number of fused-ring (bicyclic) bond motifs is 1. The van der Waals surface area contributed by atoms with Crippen molar-refractivity contribution in [3.63, 3.8) is 0 Å². The van der Waals surface area contributed by atoms with Crippen LogP contribution in [0.5, 0.6) is 0 Å². The second-order valence-corrected chi connectivity index (χ2v) is 9.69. The SMILES string of the molecule is O=C(CCCCNC(=O)C1(NC(=O)c2cc(Cl)ccc2Cl)CCCCC1)c1nc2ccccc2o1. The summed E-state index contributed by atoms with van der Waals surface area (Å²) in [4.78, 5) is 42.8. The van der Waals surface area contributed by atoms with Crippen LogP contribution in [-0.2, 0) is 4.79 Å². The van der Waals surface area contributed by atoms with E-state index in [9.17, 15) is 14.4 Å². The van der Waals surface area contributed by atoms with Crippen LogP contribution in [-0.4, -0.2) is 34.7 Å². The van der Waals surface area contributed by atoms with Crippen LogP contribution < -0.4 is 10.6 Å². The molecule has 3 aromatic rings. The molecule has 0 radical (unpaired) electrons. The van der Waals surface area contributed by atoms with Gasteiger partial charge in [-0.2, -0.15) is 0 Å². The molecule has 1 fully saturated rings.